The van der Waals surface area contributed by atoms with Gasteiger partial charge in [-0.05, 0) is 68.5 Å². The zero-order chi connectivity index (χ0) is 28.1. The van der Waals surface area contributed by atoms with E-state index in [-0.39, 0.29) is 17.7 Å². The third kappa shape index (κ3) is 7.19. The quantitative estimate of drug-likeness (QED) is 0.254. The summed E-state index contributed by atoms with van der Waals surface area (Å²) < 4.78 is 1.72. The minimum atomic E-state index is -0.0467. The highest BCUT2D eigenvalue weighted by molar-refractivity contribution is 8.02. The van der Waals surface area contributed by atoms with Crippen molar-refractivity contribution in [2.24, 2.45) is 5.92 Å². The Balaban J connectivity index is 1.36. The van der Waals surface area contributed by atoms with Crippen LogP contribution in [0.5, 0.6) is 0 Å². The van der Waals surface area contributed by atoms with Crippen molar-refractivity contribution in [3.05, 3.63) is 58.9 Å². The molecule has 3 aromatic heterocycles. The van der Waals surface area contributed by atoms with Crippen molar-refractivity contribution in [1.82, 2.24) is 35.0 Å². The van der Waals surface area contributed by atoms with E-state index in [1.807, 2.05) is 43.4 Å². The molecule has 3 aromatic rings. The molecular weight excluding hydrogens is 526 g/mol. The molecule has 2 amide bonds. The molecule has 210 valence electrons. The molecule has 0 aliphatic heterocycles. The molecule has 1 fully saturated rings. The fourth-order valence-corrected chi connectivity index (χ4v) is 5.10. The van der Waals surface area contributed by atoms with E-state index in [2.05, 4.69) is 44.9 Å². The summed E-state index contributed by atoms with van der Waals surface area (Å²) in [6.45, 7) is 8.65. The number of nitrogens with one attached hydrogen (secondary N) is 4. The number of carbonyl (C=O) groups is 2. The lowest BCUT2D eigenvalue weighted by Crippen LogP contribution is -2.27. The second-order valence-electron chi connectivity index (χ2n) is 9.91. The van der Waals surface area contributed by atoms with Crippen LogP contribution in [-0.4, -0.2) is 61.1 Å². The first-order valence-corrected chi connectivity index (χ1v) is 14.5. The molecule has 1 saturated carbocycles. The van der Waals surface area contributed by atoms with Gasteiger partial charge < -0.3 is 20.9 Å². The average molecular weight is 562 g/mol. The molecule has 2 aliphatic carbocycles. The van der Waals surface area contributed by atoms with Crippen LogP contribution in [0.3, 0.4) is 0 Å². The molecule has 12 heteroatoms. The fraction of sp³-hybridized carbons (Fsp3) is 0.393. The summed E-state index contributed by atoms with van der Waals surface area (Å²) in [5.74, 6) is 1.40. The second kappa shape index (κ2) is 12.5. The van der Waals surface area contributed by atoms with Gasteiger partial charge in [-0.3, -0.25) is 14.7 Å². The van der Waals surface area contributed by atoms with Gasteiger partial charge in [0.1, 0.15) is 5.52 Å². The van der Waals surface area contributed by atoms with Gasteiger partial charge in [-0.25, -0.2) is 9.50 Å². The number of anilines is 3. The van der Waals surface area contributed by atoms with Gasteiger partial charge in [0, 0.05) is 36.3 Å². The summed E-state index contributed by atoms with van der Waals surface area (Å²) in [6, 6.07) is 3.75. The van der Waals surface area contributed by atoms with Gasteiger partial charge in [-0.15, -0.1) is 5.10 Å². The maximum absolute atomic E-state index is 12.6. The molecule has 0 bridgehead atoms. The topological polar surface area (TPSA) is 132 Å². The number of aromatic amines is 1. The van der Waals surface area contributed by atoms with Crippen molar-refractivity contribution in [1.29, 1.82) is 0 Å². The van der Waals surface area contributed by atoms with Crippen LogP contribution in [-0.2, 0) is 9.59 Å². The summed E-state index contributed by atoms with van der Waals surface area (Å²) in [7, 11) is 0. The molecular formula is C28H35N9O2S. The van der Waals surface area contributed by atoms with Gasteiger partial charge in [0.2, 0.25) is 17.0 Å². The van der Waals surface area contributed by atoms with Crippen molar-refractivity contribution < 1.29 is 9.59 Å². The van der Waals surface area contributed by atoms with E-state index < -0.39 is 0 Å². The lowest BCUT2D eigenvalue weighted by Gasteiger charge is -2.17. The van der Waals surface area contributed by atoms with Crippen LogP contribution in [0.25, 0.3) is 5.52 Å². The number of hydrogen-bond donors (Lipinski definition) is 4. The van der Waals surface area contributed by atoms with Crippen molar-refractivity contribution in [3.8, 4) is 0 Å². The molecule has 0 atom stereocenters. The fourth-order valence-electron chi connectivity index (χ4n) is 4.28. The highest BCUT2D eigenvalue weighted by Crippen LogP contribution is 2.32. The van der Waals surface area contributed by atoms with E-state index >= 15 is 0 Å². The van der Waals surface area contributed by atoms with Crippen molar-refractivity contribution in [2.45, 2.75) is 51.6 Å². The first-order valence-electron chi connectivity index (χ1n) is 13.7. The molecule has 40 heavy (non-hydrogen) atoms. The van der Waals surface area contributed by atoms with Gasteiger partial charge in [-0.2, -0.15) is 5.10 Å². The van der Waals surface area contributed by atoms with E-state index in [9.17, 15) is 9.59 Å². The van der Waals surface area contributed by atoms with Crippen LogP contribution in [0.15, 0.2) is 58.4 Å². The number of carbonyl (C=O) groups excluding carboxylic acids is 2. The number of nitrogens with zero attached hydrogens (tertiary/aromatic N) is 5. The van der Waals surface area contributed by atoms with Crippen LogP contribution in [0, 0.1) is 12.8 Å². The molecule has 5 rings (SSSR count). The van der Waals surface area contributed by atoms with E-state index in [0.717, 1.165) is 42.2 Å². The zero-order valence-electron chi connectivity index (χ0n) is 23.0. The lowest BCUT2D eigenvalue weighted by atomic mass is 10.3. The predicted molar refractivity (Wildman–Crippen MR) is 157 cm³/mol. The number of thioether (sulfide) groups is 1. The van der Waals surface area contributed by atoms with Gasteiger partial charge >= 0.3 is 0 Å². The van der Waals surface area contributed by atoms with Crippen molar-refractivity contribution >= 4 is 46.4 Å². The molecule has 3 heterocycles. The zero-order valence-corrected chi connectivity index (χ0v) is 23.8. The average Bonchev–Trinajstić information content (AvgIpc) is 3.64. The normalized spacial score (nSPS) is 15.1. The Labute approximate surface area is 237 Å². The van der Waals surface area contributed by atoms with Gasteiger partial charge in [-0.1, -0.05) is 31.7 Å². The van der Waals surface area contributed by atoms with Gasteiger partial charge in [0.05, 0.1) is 11.9 Å². The summed E-state index contributed by atoms with van der Waals surface area (Å²) in [4.78, 5) is 32.8. The number of aryl methyl sites for hydroxylation is 1. The molecule has 0 radical (unpaired) electrons. The second-order valence-corrected chi connectivity index (χ2v) is 11.0. The Morgan fingerprint density at radius 2 is 2.00 bits per heavy atom. The summed E-state index contributed by atoms with van der Waals surface area (Å²) in [5, 5.41) is 21.8. The monoisotopic (exact) mass is 561 g/mol. The molecule has 0 unspecified atom stereocenters. The van der Waals surface area contributed by atoms with E-state index in [0.29, 0.717) is 47.4 Å². The van der Waals surface area contributed by atoms with Gasteiger partial charge in [0.15, 0.2) is 11.6 Å². The largest absolute Gasteiger partial charge is 0.326 e. The highest BCUT2D eigenvalue weighted by atomic mass is 32.2. The van der Waals surface area contributed by atoms with Crippen LogP contribution in [0.2, 0.25) is 0 Å². The number of allylic oxidation sites excluding steroid dienone is 5. The highest BCUT2D eigenvalue weighted by Gasteiger charge is 2.29. The van der Waals surface area contributed by atoms with Crippen molar-refractivity contribution in [3.63, 3.8) is 0 Å². The van der Waals surface area contributed by atoms with Crippen molar-refractivity contribution in [2.75, 3.05) is 30.3 Å². The Morgan fingerprint density at radius 3 is 2.73 bits per heavy atom. The molecule has 11 nitrogen and oxygen atoms in total. The van der Waals surface area contributed by atoms with E-state index in [1.165, 1.54) is 11.8 Å². The summed E-state index contributed by atoms with van der Waals surface area (Å²) in [6.07, 6.45) is 12.7. The molecule has 4 N–H and O–H groups in total. The Bertz CT molecular complexity index is 1480. The van der Waals surface area contributed by atoms with Gasteiger partial charge in [0.25, 0.3) is 0 Å². The maximum Gasteiger partial charge on any atom is 0.227 e. The summed E-state index contributed by atoms with van der Waals surface area (Å²) >= 11 is 1.45. The van der Waals surface area contributed by atoms with Crippen LogP contribution >= 0.6 is 11.8 Å². The smallest absolute Gasteiger partial charge is 0.227 e. The number of aromatic nitrogens is 5. The number of rotatable bonds is 12. The molecule has 0 aromatic carbocycles. The first-order chi connectivity index (χ1) is 19.4. The minimum Gasteiger partial charge on any atom is -0.326 e. The van der Waals surface area contributed by atoms with E-state index in [1.54, 1.807) is 10.7 Å². The number of hydrogen-bond acceptors (Lipinski definition) is 8. The third-order valence-electron chi connectivity index (χ3n) is 6.73. The Morgan fingerprint density at radius 1 is 1.18 bits per heavy atom. The Hall–Kier alpha value is -3.90. The van der Waals surface area contributed by atoms with E-state index in [4.69, 9.17) is 10.1 Å². The predicted octanol–water partition coefficient (Wildman–Crippen LogP) is 4.52. The lowest BCUT2D eigenvalue weighted by molar-refractivity contribution is -0.121. The maximum atomic E-state index is 12.6. The minimum absolute atomic E-state index is 0.0467. The standard InChI is InChI=1S/C28H35N9O2S/c1-4-36(5-2)14-13-25(38)29-21-16-23-26(31-24-15-18(3)33-34-24)32-28(35-37(23)17-21)40-22-8-6-7-20(11-12-22)30-27(39)19-9-10-19/h6-7,11-12,15-17,19H,4-5,8-10,13-14H2,1-3H3,(H,29,38)(H,30,39)(H2,31,32,33,34,35). The number of amides is 2. The summed E-state index contributed by atoms with van der Waals surface area (Å²) in [5.41, 5.74) is 3.07. The SMILES string of the molecule is CCN(CC)CCC(=O)Nc1cc2c(Nc3cc(C)[nH]n3)nc(SC3=CC=C(NC(=O)C4CC4)C=CC3)nn2c1. The first kappa shape index (κ1) is 27.7. The number of H-pyrrole nitrogens is 1. The molecule has 0 saturated heterocycles. The van der Waals surface area contributed by atoms with Crippen LogP contribution in [0.1, 0.15) is 45.2 Å². The van der Waals surface area contributed by atoms with Crippen LogP contribution in [0.4, 0.5) is 17.3 Å². The number of fused-ring (bicyclic) bond motifs is 1. The third-order valence-corrected chi connectivity index (χ3v) is 7.65. The van der Waals surface area contributed by atoms with Crippen LogP contribution < -0.4 is 16.0 Å². The Kier molecular flexibility index (Phi) is 8.66. The molecule has 0 spiro atoms. The molecule has 2 aliphatic rings.